The van der Waals surface area contributed by atoms with Crippen LogP contribution in [-0.4, -0.2) is 31.4 Å². The van der Waals surface area contributed by atoms with Crippen LogP contribution in [0.4, 0.5) is 30.7 Å². The fourth-order valence-electron chi connectivity index (χ4n) is 0.440. The monoisotopic (exact) mass is 198 g/mol. The quantitative estimate of drug-likeness (QED) is 0.609. The summed E-state index contributed by atoms with van der Waals surface area (Å²) >= 11 is 0. The molecule has 0 aliphatic rings. The maximum Gasteiger partial charge on any atom is 0.340 e. The molecule has 0 spiro atoms. The van der Waals surface area contributed by atoms with Gasteiger partial charge in [0.05, 0.1) is 0 Å². The number of alkyl halides is 7. The first-order valence-electron chi connectivity index (χ1n) is 2.84. The van der Waals surface area contributed by atoms with Crippen molar-refractivity contribution in [2.24, 2.45) is 0 Å². The van der Waals surface area contributed by atoms with E-state index in [1.165, 1.54) is 0 Å². The molecule has 0 saturated heterocycles. The Bertz CT molecular complexity index is 134. The minimum atomic E-state index is -5.13. The number of rotatable bonds is 4. The highest BCUT2D eigenvalue weighted by Gasteiger charge is 2.53. The van der Waals surface area contributed by atoms with E-state index in [9.17, 15) is 30.7 Å². The highest BCUT2D eigenvalue weighted by atomic mass is 19.3. The van der Waals surface area contributed by atoms with Crippen LogP contribution >= 0.6 is 0 Å². The van der Waals surface area contributed by atoms with Gasteiger partial charge in [0.15, 0.2) is 6.17 Å². The van der Waals surface area contributed by atoms with Crippen LogP contribution in [0.15, 0.2) is 0 Å². The minimum Gasteiger partial charge on any atom is -0.248 e. The predicted octanol–water partition coefficient (Wildman–Crippen LogP) is 2.53. The lowest BCUT2D eigenvalue weighted by molar-refractivity contribution is -0.186. The second-order valence-corrected chi connectivity index (χ2v) is 2.05. The molecule has 0 nitrogen and oxygen atoms in total. The Hall–Kier alpha value is -0.490. The molecule has 0 aliphatic heterocycles. The first kappa shape index (κ1) is 11.5. The van der Waals surface area contributed by atoms with Crippen LogP contribution in [0.1, 0.15) is 0 Å². The van der Waals surface area contributed by atoms with Gasteiger partial charge in [-0.3, -0.25) is 0 Å². The second-order valence-electron chi connectivity index (χ2n) is 2.05. The maximum absolute atomic E-state index is 12.0. The predicted molar refractivity (Wildman–Crippen MR) is 26.7 cm³/mol. The van der Waals surface area contributed by atoms with Crippen molar-refractivity contribution >= 4 is 0 Å². The lowest BCUT2D eigenvalue weighted by atomic mass is 10.1. The van der Waals surface area contributed by atoms with E-state index in [0.29, 0.717) is 0 Å². The molecular formula is C5H5F7. The van der Waals surface area contributed by atoms with E-state index in [1.54, 1.807) is 0 Å². The standard InChI is InChI=1S/C5H5F7/c6-1-2(7)3(8)5(11,12)4(9)10/h2-4H,1H2. The van der Waals surface area contributed by atoms with E-state index < -0.39 is 31.4 Å². The third kappa shape index (κ3) is 2.25. The topological polar surface area (TPSA) is 0 Å². The lowest BCUT2D eigenvalue weighted by Gasteiger charge is -2.20. The van der Waals surface area contributed by atoms with E-state index in [4.69, 9.17) is 0 Å². The van der Waals surface area contributed by atoms with Crippen molar-refractivity contribution in [1.29, 1.82) is 0 Å². The van der Waals surface area contributed by atoms with Gasteiger partial charge in [0.25, 0.3) is 0 Å². The van der Waals surface area contributed by atoms with Crippen LogP contribution in [0.2, 0.25) is 0 Å². The Balaban J connectivity index is 4.34. The lowest BCUT2D eigenvalue weighted by Crippen LogP contribution is -2.43. The Kier molecular flexibility index (Phi) is 3.79. The normalized spacial score (nSPS) is 18.0. The number of hydrogen-bond donors (Lipinski definition) is 0. The molecule has 0 bridgehead atoms. The summed E-state index contributed by atoms with van der Waals surface area (Å²) in [6.07, 6.45) is -11.4. The maximum atomic E-state index is 12.0. The molecule has 0 amide bonds. The van der Waals surface area contributed by atoms with E-state index in [1.807, 2.05) is 0 Å². The van der Waals surface area contributed by atoms with E-state index in [0.717, 1.165) is 0 Å². The van der Waals surface area contributed by atoms with Crippen molar-refractivity contribution < 1.29 is 30.7 Å². The molecule has 0 aliphatic carbocycles. The molecule has 0 fully saturated rings. The summed E-state index contributed by atoms with van der Waals surface area (Å²) in [6.45, 7) is -2.05. The first-order valence-corrected chi connectivity index (χ1v) is 2.84. The molecule has 7 heteroatoms. The summed E-state index contributed by atoms with van der Waals surface area (Å²) in [4.78, 5) is 0. The van der Waals surface area contributed by atoms with Crippen LogP contribution in [0.25, 0.3) is 0 Å². The molecule has 0 rings (SSSR count). The van der Waals surface area contributed by atoms with Gasteiger partial charge in [-0.15, -0.1) is 0 Å². The van der Waals surface area contributed by atoms with E-state index in [-0.39, 0.29) is 0 Å². The smallest absolute Gasteiger partial charge is 0.248 e. The highest BCUT2D eigenvalue weighted by molar-refractivity contribution is 4.84. The van der Waals surface area contributed by atoms with Crippen LogP contribution in [0, 0.1) is 0 Å². The van der Waals surface area contributed by atoms with Gasteiger partial charge in [-0.1, -0.05) is 0 Å². The summed E-state index contributed by atoms with van der Waals surface area (Å²) in [7, 11) is 0. The zero-order valence-corrected chi connectivity index (χ0v) is 5.58. The van der Waals surface area contributed by atoms with Gasteiger partial charge < -0.3 is 0 Å². The highest BCUT2D eigenvalue weighted by Crippen LogP contribution is 2.31. The van der Waals surface area contributed by atoms with Gasteiger partial charge in [-0.05, 0) is 0 Å². The van der Waals surface area contributed by atoms with Crippen molar-refractivity contribution in [3.05, 3.63) is 0 Å². The molecular weight excluding hydrogens is 193 g/mol. The Morgan fingerprint density at radius 1 is 1.00 bits per heavy atom. The Morgan fingerprint density at radius 3 is 1.67 bits per heavy atom. The van der Waals surface area contributed by atoms with Gasteiger partial charge in [0, 0.05) is 0 Å². The SMILES string of the molecule is FCC(F)C(F)C(F)(F)C(F)F. The fraction of sp³-hybridized carbons (Fsp3) is 1.00. The Morgan fingerprint density at radius 2 is 1.42 bits per heavy atom. The third-order valence-corrected chi connectivity index (χ3v) is 1.12. The molecule has 0 aromatic carbocycles. The molecule has 0 saturated carbocycles. The van der Waals surface area contributed by atoms with Crippen LogP contribution in [0.3, 0.4) is 0 Å². The summed E-state index contributed by atoms with van der Waals surface area (Å²) in [6, 6.07) is 0. The fourth-order valence-corrected chi connectivity index (χ4v) is 0.440. The largest absolute Gasteiger partial charge is 0.340 e. The number of hydrogen-bond acceptors (Lipinski definition) is 0. The molecule has 12 heavy (non-hydrogen) atoms. The van der Waals surface area contributed by atoms with Crippen molar-refractivity contribution in [3.8, 4) is 0 Å². The van der Waals surface area contributed by atoms with Gasteiger partial charge >= 0.3 is 12.3 Å². The zero-order chi connectivity index (χ0) is 9.94. The van der Waals surface area contributed by atoms with Crippen molar-refractivity contribution in [1.82, 2.24) is 0 Å². The van der Waals surface area contributed by atoms with E-state index in [2.05, 4.69) is 0 Å². The summed E-state index contributed by atoms with van der Waals surface area (Å²) in [5, 5.41) is 0. The third-order valence-electron chi connectivity index (χ3n) is 1.12. The van der Waals surface area contributed by atoms with E-state index >= 15 is 0 Å². The van der Waals surface area contributed by atoms with Gasteiger partial charge in [0.2, 0.25) is 6.17 Å². The summed E-state index contributed by atoms with van der Waals surface area (Å²) < 4.78 is 81.3. The zero-order valence-electron chi connectivity index (χ0n) is 5.58. The Labute approximate surface area is 63.4 Å². The molecule has 0 N–H and O–H groups in total. The molecule has 0 aromatic heterocycles. The van der Waals surface area contributed by atoms with Crippen LogP contribution in [0.5, 0.6) is 0 Å². The van der Waals surface area contributed by atoms with Crippen LogP contribution < -0.4 is 0 Å². The first-order chi connectivity index (χ1) is 5.34. The molecule has 74 valence electrons. The molecule has 0 aromatic rings. The summed E-state index contributed by atoms with van der Waals surface area (Å²) in [5.74, 6) is -5.13. The summed E-state index contributed by atoms with van der Waals surface area (Å²) in [5.41, 5.74) is 0. The van der Waals surface area contributed by atoms with Crippen LogP contribution in [-0.2, 0) is 0 Å². The van der Waals surface area contributed by atoms with Gasteiger partial charge in [-0.2, -0.15) is 8.78 Å². The van der Waals surface area contributed by atoms with Crippen molar-refractivity contribution in [2.75, 3.05) is 6.67 Å². The second kappa shape index (κ2) is 3.95. The van der Waals surface area contributed by atoms with Gasteiger partial charge in [-0.25, -0.2) is 22.0 Å². The average molecular weight is 198 g/mol. The molecule has 2 unspecified atom stereocenters. The molecule has 0 heterocycles. The average Bonchev–Trinajstić information content (AvgIpc) is 2.01. The van der Waals surface area contributed by atoms with Crippen molar-refractivity contribution in [3.63, 3.8) is 0 Å². The molecule has 2 atom stereocenters. The number of halogens is 7. The minimum absolute atomic E-state index is 2.05. The van der Waals surface area contributed by atoms with Crippen molar-refractivity contribution in [2.45, 2.75) is 24.7 Å². The molecule has 0 radical (unpaired) electrons. The van der Waals surface area contributed by atoms with Gasteiger partial charge in [0.1, 0.15) is 6.67 Å².